The van der Waals surface area contributed by atoms with Gasteiger partial charge in [0.05, 0.1) is 11.3 Å². The van der Waals surface area contributed by atoms with Crippen molar-refractivity contribution in [3.63, 3.8) is 0 Å². The van der Waals surface area contributed by atoms with E-state index in [9.17, 15) is 14.0 Å². The molecule has 128 valence electrons. The van der Waals surface area contributed by atoms with Gasteiger partial charge in [0.1, 0.15) is 24.4 Å². The number of aromatic nitrogens is 1. The van der Waals surface area contributed by atoms with E-state index < -0.39 is 11.8 Å². The lowest BCUT2D eigenvalue weighted by molar-refractivity contribution is -0.145. The monoisotopic (exact) mass is 359 g/mol. The first-order valence-corrected chi connectivity index (χ1v) is 8.42. The average molecular weight is 359 g/mol. The van der Waals surface area contributed by atoms with Gasteiger partial charge in [0.2, 0.25) is 5.89 Å². The number of nitrogens with zero attached hydrogens (tertiary/aromatic N) is 1. The number of halogens is 1. The van der Waals surface area contributed by atoms with Crippen LogP contribution in [0, 0.1) is 5.82 Å². The highest BCUT2D eigenvalue weighted by atomic mass is 32.1. The minimum Gasteiger partial charge on any atom is -0.459 e. The van der Waals surface area contributed by atoms with Crippen LogP contribution in [0.15, 0.2) is 52.5 Å². The number of benzene rings is 1. The van der Waals surface area contributed by atoms with Crippen LogP contribution in [-0.2, 0) is 16.1 Å². The Labute approximate surface area is 147 Å². The van der Waals surface area contributed by atoms with Crippen molar-refractivity contribution in [2.24, 2.45) is 0 Å². The highest BCUT2D eigenvalue weighted by Gasteiger charge is 2.12. The molecule has 0 saturated carbocycles. The molecule has 0 unspecified atom stereocenters. The van der Waals surface area contributed by atoms with Crippen molar-refractivity contribution < 1.29 is 23.1 Å². The third-order valence-corrected chi connectivity index (χ3v) is 4.24. The Morgan fingerprint density at radius 2 is 1.96 bits per heavy atom. The van der Waals surface area contributed by atoms with Crippen molar-refractivity contribution in [2.45, 2.75) is 19.4 Å². The lowest BCUT2D eigenvalue weighted by Gasteiger charge is -2.03. The molecule has 0 fully saturated rings. The van der Waals surface area contributed by atoms with E-state index in [1.54, 1.807) is 0 Å². The molecule has 1 aromatic carbocycles. The molecular weight excluding hydrogens is 345 g/mol. The second-order valence-corrected chi connectivity index (χ2v) is 6.16. The predicted molar refractivity (Wildman–Crippen MR) is 89.6 cm³/mol. The van der Waals surface area contributed by atoms with Crippen LogP contribution in [0.4, 0.5) is 4.39 Å². The molecule has 0 spiro atoms. The number of oxazole rings is 1. The van der Waals surface area contributed by atoms with E-state index in [-0.39, 0.29) is 25.2 Å². The summed E-state index contributed by atoms with van der Waals surface area (Å²) in [6, 6.07) is 8.98. The number of ketones is 1. The largest absolute Gasteiger partial charge is 0.459 e. The van der Waals surface area contributed by atoms with Crippen molar-refractivity contribution in [2.75, 3.05) is 0 Å². The van der Waals surface area contributed by atoms with Gasteiger partial charge in [-0.3, -0.25) is 9.59 Å². The Balaban J connectivity index is 1.45. The summed E-state index contributed by atoms with van der Waals surface area (Å²) in [5, 5.41) is 1.91. The van der Waals surface area contributed by atoms with Gasteiger partial charge >= 0.3 is 5.97 Å². The molecular formula is C18H14FNO4S. The van der Waals surface area contributed by atoms with Gasteiger partial charge in [0, 0.05) is 12.0 Å². The van der Waals surface area contributed by atoms with Crippen LogP contribution in [0.1, 0.15) is 28.9 Å². The molecule has 3 rings (SSSR count). The van der Waals surface area contributed by atoms with Gasteiger partial charge in [-0.1, -0.05) is 6.07 Å². The van der Waals surface area contributed by atoms with E-state index in [1.807, 2.05) is 17.5 Å². The Kier molecular flexibility index (Phi) is 5.35. The highest BCUT2D eigenvalue weighted by Crippen LogP contribution is 2.23. The van der Waals surface area contributed by atoms with Crippen LogP contribution >= 0.6 is 11.3 Å². The third kappa shape index (κ3) is 4.60. The number of esters is 1. The number of hydrogen-bond acceptors (Lipinski definition) is 6. The Hall–Kier alpha value is -2.80. The Morgan fingerprint density at radius 3 is 2.68 bits per heavy atom. The van der Waals surface area contributed by atoms with E-state index in [4.69, 9.17) is 9.15 Å². The van der Waals surface area contributed by atoms with Crippen LogP contribution < -0.4 is 0 Å². The molecule has 3 aromatic rings. The summed E-state index contributed by atoms with van der Waals surface area (Å²) in [5.41, 5.74) is 0.868. The molecule has 2 heterocycles. The van der Waals surface area contributed by atoms with Crippen molar-refractivity contribution in [1.82, 2.24) is 4.98 Å². The number of ether oxygens (including phenoxy) is 1. The molecule has 0 aliphatic heterocycles. The molecule has 0 amide bonds. The second kappa shape index (κ2) is 7.85. The van der Waals surface area contributed by atoms with Crippen LogP contribution in [0.2, 0.25) is 0 Å². The number of hydrogen-bond donors (Lipinski definition) is 0. The normalized spacial score (nSPS) is 10.6. The van der Waals surface area contributed by atoms with Gasteiger partial charge in [-0.05, 0) is 35.7 Å². The summed E-state index contributed by atoms with van der Waals surface area (Å²) in [6.07, 6.45) is 1.39. The van der Waals surface area contributed by atoms with Crippen molar-refractivity contribution in [3.05, 3.63) is 65.1 Å². The zero-order valence-electron chi connectivity index (χ0n) is 13.1. The summed E-state index contributed by atoms with van der Waals surface area (Å²) < 4.78 is 23.2. The van der Waals surface area contributed by atoms with E-state index >= 15 is 0 Å². The first-order valence-electron chi connectivity index (χ1n) is 7.54. The fourth-order valence-corrected chi connectivity index (χ4v) is 2.76. The van der Waals surface area contributed by atoms with E-state index in [0.717, 1.165) is 4.88 Å². The number of carbonyl (C=O) groups is 2. The molecule has 5 nitrogen and oxygen atoms in total. The van der Waals surface area contributed by atoms with Crippen molar-refractivity contribution in [3.8, 4) is 10.8 Å². The number of carbonyl (C=O) groups excluding carboxylic acids is 2. The number of thiophene rings is 1. The first-order chi connectivity index (χ1) is 12.1. The average Bonchev–Trinajstić information content (AvgIpc) is 3.29. The van der Waals surface area contributed by atoms with E-state index in [0.29, 0.717) is 17.1 Å². The molecule has 0 radical (unpaired) electrons. The summed E-state index contributed by atoms with van der Waals surface area (Å²) >= 11 is 1.50. The molecule has 0 atom stereocenters. The Morgan fingerprint density at radius 1 is 1.16 bits per heavy atom. The maximum Gasteiger partial charge on any atom is 0.306 e. The zero-order chi connectivity index (χ0) is 17.6. The maximum absolute atomic E-state index is 12.8. The van der Waals surface area contributed by atoms with Crippen molar-refractivity contribution >= 4 is 23.1 Å². The second-order valence-electron chi connectivity index (χ2n) is 5.21. The van der Waals surface area contributed by atoms with Gasteiger partial charge in [-0.2, -0.15) is 0 Å². The lowest BCUT2D eigenvalue weighted by atomic mass is 10.1. The third-order valence-electron chi connectivity index (χ3n) is 3.39. The molecule has 0 saturated heterocycles. The van der Waals surface area contributed by atoms with Gasteiger partial charge in [0.15, 0.2) is 5.78 Å². The quantitative estimate of drug-likeness (QED) is 0.466. The number of Topliss-reactive ketones (excluding diaryl/α,β-unsaturated/α-hetero) is 1. The minimum absolute atomic E-state index is 0.00370. The maximum atomic E-state index is 12.8. The van der Waals surface area contributed by atoms with Crippen molar-refractivity contribution in [1.29, 1.82) is 0 Å². The fourth-order valence-electron chi connectivity index (χ4n) is 2.11. The molecule has 0 aliphatic carbocycles. The van der Waals surface area contributed by atoms with Gasteiger partial charge < -0.3 is 9.15 Å². The summed E-state index contributed by atoms with van der Waals surface area (Å²) in [4.78, 5) is 28.8. The molecule has 2 aromatic heterocycles. The zero-order valence-corrected chi connectivity index (χ0v) is 13.9. The molecule has 25 heavy (non-hydrogen) atoms. The van der Waals surface area contributed by atoms with Crippen LogP contribution in [-0.4, -0.2) is 16.7 Å². The lowest BCUT2D eigenvalue weighted by Crippen LogP contribution is -2.08. The molecule has 0 aliphatic rings. The summed E-state index contributed by atoms with van der Waals surface area (Å²) in [5.74, 6) is -0.674. The smallest absolute Gasteiger partial charge is 0.306 e. The molecule has 7 heteroatoms. The first kappa shape index (κ1) is 17.0. The molecule has 0 bridgehead atoms. The van der Waals surface area contributed by atoms with Crippen LogP contribution in [0.5, 0.6) is 0 Å². The topological polar surface area (TPSA) is 69.4 Å². The molecule has 0 N–H and O–H groups in total. The van der Waals surface area contributed by atoms with Crippen LogP contribution in [0.25, 0.3) is 10.8 Å². The Bertz CT molecular complexity index is 856. The standard InChI is InChI=1S/C18H14FNO4S/c19-13-5-3-12(4-6-13)15(21)7-8-17(22)23-10-14-11-24-18(20-14)16-2-1-9-25-16/h1-6,9,11H,7-8,10H2. The minimum atomic E-state index is -0.504. The SMILES string of the molecule is O=C(CCC(=O)c1ccc(F)cc1)OCc1coc(-c2cccs2)n1. The van der Waals surface area contributed by atoms with Gasteiger partial charge in [-0.15, -0.1) is 11.3 Å². The number of rotatable bonds is 7. The highest BCUT2D eigenvalue weighted by molar-refractivity contribution is 7.13. The van der Waals surface area contributed by atoms with Gasteiger partial charge in [0.25, 0.3) is 0 Å². The van der Waals surface area contributed by atoms with Gasteiger partial charge in [-0.25, -0.2) is 9.37 Å². The predicted octanol–water partition coefficient (Wildman–Crippen LogP) is 4.25. The fraction of sp³-hybridized carbons (Fsp3) is 0.167. The van der Waals surface area contributed by atoms with Crippen LogP contribution in [0.3, 0.4) is 0 Å². The van der Waals surface area contributed by atoms with E-state index in [1.165, 1.54) is 41.9 Å². The summed E-state index contributed by atoms with van der Waals surface area (Å²) in [7, 11) is 0. The summed E-state index contributed by atoms with van der Waals surface area (Å²) in [6.45, 7) is -0.0154. The van der Waals surface area contributed by atoms with E-state index in [2.05, 4.69) is 4.98 Å².